The van der Waals surface area contributed by atoms with Gasteiger partial charge in [-0.1, -0.05) is 11.8 Å². The van der Waals surface area contributed by atoms with Crippen molar-refractivity contribution in [3.63, 3.8) is 0 Å². The zero-order valence-electron chi connectivity index (χ0n) is 7.71. The van der Waals surface area contributed by atoms with E-state index in [1.165, 1.54) is 0 Å². The monoisotopic (exact) mass is 210 g/mol. The topological polar surface area (TPSA) is 72.3 Å². The van der Waals surface area contributed by atoms with Gasteiger partial charge in [0.25, 0.3) is 0 Å². The number of nitrogens with one attached hydrogen (secondary N) is 1. The van der Waals surface area contributed by atoms with Crippen LogP contribution in [0.3, 0.4) is 0 Å². The first-order valence-corrected chi connectivity index (χ1v) is 5.17. The van der Waals surface area contributed by atoms with Gasteiger partial charge < -0.3 is 4.57 Å². The first kappa shape index (κ1) is 9.20. The summed E-state index contributed by atoms with van der Waals surface area (Å²) in [5.41, 5.74) is 0. The van der Waals surface area contributed by atoms with Gasteiger partial charge >= 0.3 is 0 Å². The zero-order valence-corrected chi connectivity index (χ0v) is 8.53. The Kier molecular flexibility index (Phi) is 2.78. The highest BCUT2D eigenvalue weighted by Gasteiger charge is 1.99. The Hall–Kier alpha value is -1.37. The Morgan fingerprint density at radius 2 is 2.21 bits per heavy atom. The highest BCUT2D eigenvalue weighted by atomic mass is 32.2. The molecule has 2 aromatic heterocycles. The lowest BCUT2D eigenvalue weighted by atomic mass is 10.7. The van der Waals surface area contributed by atoms with Gasteiger partial charge in [-0.3, -0.25) is 5.10 Å². The molecule has 0 saturated carbocycles. The smallest absolute Gasteiger partial charge is 0.208 e. The van der Waals surface area contributed by atoms with E-state index in [1.807, 2.05) is 11.5 Å². The predicted molar refractivity (Wildman–Crippen MR) is 51.9 cm³/mol. The molecule has 0 aliphatic carbocycles. The van der Waals surface area contributed by atoms with Gasteiger partial charge in [0.15, 0.2) is 0 Å². The van der Waals surface area contributed by atoms with Crippen LogP contribution in [0.2, 0.25) is 0 Å². The molecule has 0 aliphatic rings. The molecule has 0 aliphatic heterocycles. The number of hydrogen-bond acceptors (Lipinski definition) is 5. The van der Waals surface area contributed by atoms with Gasteiger partial charge in [0.05, 0.1) is 0 Å². The fourth-order valence-corrected chi connectivity index (χ4v) is 1.76. The van der Waals surface area contributed by atoms with Crippen molar-refractivity contribution in [1.29, 1.82) is 0 Å². The number of H-pyrrole nitrogens is 1. The first-order chi connectivity index (χ1) is 6.84. The van der Waals surface area contributed by atoms with E-state index in [0.29, 0.717) is 0 Å². The molecule has 74 valence electrons. The van der Waals surface area contributed by atoms with Crippen LogP contribution in [0.15, 0.2) is 17.8 Å². The number of aryl methyl sites for hydroxylation is 2. The second kappa shape index (κ2) is 4.23. The zero-order chi connectivity index (χ0) is 9.80. The summed E-state index contributed by atoms with van der Waals surface area (Å²) in [4.78, 5) is 4.19. The van der Waals surface area contributed by atoms with Crippen molar-refractivity contribution in [3.05, 3.63) is 18.5 Å². The van der Waals surface area contributed by atoms with E-state index in [1.54, 1.807) is 24.4 Å². The van der Waals surface area contributed by atoms with Crippen LogP contribution in [0.5, 0.6) is 0 Å². The highest BCUT2D eigenvalue weighted by Crippen LogP contribution is 2.11. The van der Waals surface area contributed by atoms with Crippen LogP contribution in [-0.4, -0.2) is 35.7 Å². The fourth-order valence-electron chi connectivity index (χ4n) is 0.967. The molecule has 2 heterocycles. The normalized spacial score (nSPS) is 10.6. The van der Waals surface area contributed by atoms with Gasteiger partial charge in [-0.15, -0.1) is 15.3 Å². The lowest BCUT2D eigenvalue weighted by Gasteiger charge is -1.97. The minimum absolute atomic E-state index is 0.788. The molecule has 2 rings (SSSR count). The Morgan fingerprint density at radius 1 is 1.43 bits per heavy atom. The van der Waals surface area contributed by atoms with E-state index in [-0.39, 0.29) is 0 Å². The standard InChI is InChI=1S/C7H10N6S/c1-6-10-7(12-11-6)14-3-2-13-4-8-9-5-13/h4-5H,2-3H2,1H3,(H,10,11,12). The SMILES string of the molecule is Cc1nc(SCCn2cnnc2)n[nH]1. The Labute approximate surface area is 85.2 Å². The third-order valence-electron chi connectivity index (χ3n) is 1.62. The molecule has 6 nitrogen and oxygen atoms in total. The van der Waals surface area contributed by atoms with E-state index < -0.39 is 0 Å². The van der Waals surface area contributed by atoms with Gasteiger partial charge in [0.2, 0.25) is 5.16 Å². The molecule has 1 N–H and O–H groups in total. The summed E-state index contributed by atoms with van der Waals surface area (Å²) < 4.78 is 1.92. The molecular weight excluding hydrogens is 200 g/mol. The third kappa shape index (κ3) is 2.32. The molecule has 14 heavy (non-hydrogen) atoms. The van der Waals surface area contributed by atoms with E-state index in [4.69, 9.17) is 0 Å². The van der Waals surface area contributed by atoms with Crippen LogP contribution >= 0.6 is 11.8 Å². The molecule has 0 amide bonds. The summed E-state index contributed by atoms with van der Waals surface area (Å²) in [7, 11) is 0. The Bertz CT molecular complexity index is 381. The largest absolute Gasteiger partial charge is 0.319 e. The van der Waals surface area contributed by atoms with Crippen LogP contribution in [0.25, 0.3) is 0 Å². The maximum absolute atomic E-state index is 4.19. The van der Waals surface area contributed by atoms with Crippen LogP contribution in [0.1, 0.15) is 5.82 Å². The molecule has 0 atom stereocenters. The second-order valence-electron chi connectivity index (χ2n) is 2.75. The second-order valence-corrected chi connectivity index (χ2v) is 3.81. The van der Waals surface area contributed by atoms with Gasteiger partial charge in [-0.25, -0.2) is 4.98 Å². The van der Waals surface area contributed by atoms with Crippen molar-refractivity contribution >= 4 is 11.8 Å². The quantitative estimate of drug-likeness (QED) is 0.744. The van der Waals surface area contributed by atoms with Crippen molar-refractivity contribution < 1.29 is 0 Å². The van der Waals surface area contributed by atoms with Crippen molar-refractivity contribution in [2.24, 2.45) is 0 Å². The van der Waals surface area contributed by atoms with Crippen molar-refractivity contribution in [2.75, 3.05) is 5.75 Å². The molecule has 2 aromatic rings. The Morgan fingerprint density at radius 3 is 2.86 bits per heavy atom. The number of thioether (sulfide) groups is 1. The van der Waals surface area contributed by atoms with Crippen molar-refractivity contribution in [2.45, 2.75) is 18.6 Å². The lowest BCUT2D eigenvalue weighted by molar-refractivity contribution is 0.766. The average Bonchev–Trinajstić information content (AvgIpc) is 2.77. The number of aromatic nitrogens is 6. The molecule has 7 heteroatoms. The molecule has 0 radical (unpaired) electrons. The fraction of sp³-hybridized carbons (Fsp3) is 0.429. The average molecular weight is 210 g/mol. The Balaban J connectivity index is 1.78. The van der Waals surface area contributed by atoms with Crippen LogP contribution in [0.4, 0.5) is 0 Å². The van der Waals surface area contributed by atoms with Crippen LogP contribution in [0, 0.1) is 6.92 Å². The van der Waals surface area contributed by atoms with Crippen molar-refractivity contribution in [1.82, 2.24) is 29.9 Å². The number of rotatable bonds is 4. The minimum Gasteiger partial charge on any atom is -0.319 e. The lowest BCUT2D eigenvalue weighted by Crippen LogP contribution is -1.97. The molecular formula is C7H10N6S. The summed E-state index contributed by atoms with van der Waals surface area (Å²) >= 11 is 1.61. The first-order valence-electron chi connectivity index (χ1n) is 4.19. The van der Waals surface area contributed by atoms with E-state index in [0.717, 1.165) is 23.3 Å². The summed E-state index contributed by atoms with van der Waals surface area (Å²) in [5, 5.41) is 15.0. The summed E-state index contributed by atoms with van der Waals surface area (Å²) in [6.45, 7) is 2.75. The molecule has 0 aromatic carbocycles. The number of hydrogen-bond donors (Lipinski definition) is 1. The van der Waals surface area contributed by atoms with Crippen LogP contribution in [-0.2, 0) is 6.54 Å². The maximum Gasteiger partial charge on any atom is 0.208 e. The molecule has 0 bridgehead atoms. The van der Waals surface area contributed by atoms with Crippen LogP contribution < -0.4 is 0 Å². The van der Waals surface area contributed by atoms with E-state index >= 15 is 0 Å². The summed E-state index contributed by atoms with van der Waals surface area (Å²) in [5.74, 6) is 1.76. The summed E-state index contributed by atoms with van der Waals surface area (Å²) in [6.07, 6.45) is 3.40. The summed E-state index contributed by atoms with van der Waals surface area (Å²) in [6, 6.07) is 0. The number of nitrogens with zero attached hydrogens (tertiary/aromatic N) is 5. The highest BCUT2D eigenvalue weighted by molar-refractivity contribution is 7.99. The molecule has 0 spiro atoms. The van der Waals surface area contributed by atoms with Gasteiger partial charge in [0.1, 0.15) is 18.5 Å². The van der Waals surface area contributed by atoms with E-state index in [2.05, 4.69) is 25.4 Å². The van der Waals surface area contributed by atoms with E-state index in [9.17, 15) is 0 Å². The molecule has 0 unspecified atom stereocenters. The maximum atomic E-state index is 4.19. The van der Waals surface area contributed by atoms with Gasteiger partial charge in [0, 0.05) is 12.3 Å². The minimum atomic E-state index is 0.788. The van der Waals surface area contributed by atoms with Gasteiger partial charge in [-0.2, -0.15) is 0 Å². The van der Waals surface area contributed by atoms with Gasteiger partial charge in [-0.05, 0) is 6.92 Å². The molecule has 0 saturated heterocycles. The predicted octanol–water partition coefficient (Wildman–Crippen LogP) is 0.497. The molecule has 0 fully saturated rings. The van der Waals surface area contributed by atoms with Crippen molar-refractivity contribution in [3.8, 4) is 0 Å². The number of aromatic amines is 1. The third-order valence-corrected chi connectivity index (χ3v) is 2.45.